The van der Waals surface area contributed by atoms with E-state index in [4.69, 9.17) is 23.2 Å². The molecular formula is C14H6Cl2F3N3O. The van der Waals surface area contributed by atoms with E-state index in [0.29, 0.717) is 10.9 Å². The standard InChI is InChI=1S/C14H6Cl2F3N3O/c15-10-3-11(16)22-13(21-10)8-5-20-4-7-6(8)1-2-9(12(7)23)14(17,18)19/h1-5,23H. The fourth-order valence-electron chi connectivity index (χ4n) is 2.15. The SMILES string of the molecule is Oc1c(C(F)(F)F)ccc2c(-c3nc(Cl)cc(Cl)n3)cncc12. The van der Waals surface area contributed by atoms with E-state index in [1.807, 2.05) is 0 Å². The topological polar surface area (TPSA) is 58.9 Å². The molecule has 0 saturated heterocycles. The van der Waals surface area contributed by atoms with Crippen LogP contribution in [-0.4, -0.2) is 20.1 Å². The quantitative estimate of drug-likeness (QED) is 0.638. The van der Waals surface area contributed by atoms with Crippen molar-refractivity contribution in [2.45, 2.75) is 6.18 Å². The average molecular weight is 360 g/mol. The molecule has 2 aromatic heterocycles. The van der Waals surface area contributed by atoms with E-state index >= 15 is 0 Å². The zero-order chi connectivity index (χ0) is 16.8. The molecule has 4 nitrogen and oxygen atoms in total. The van der Waals surface area contributed by atoms with Crippen LogP contribution in [0.1, 0.15) is 5.56 Å². The number of hydrogen-bond acceptors (Lipinski definition) is 4. The first-order valence-corrected chi connectivity index (χ1v) is 6.90. The van der Waals surface area contributed by atoms with Crippen molar-refractivity contribution < 1.29 is 18.3 Å². The van der Waals surface area contributed by atoms with Gasteiger partial charge in [-0.1, -0.05) is 29.3 Å². The number of phenols is 1. The number of aromatic nitrogens is 3. The molecule has 23 heavy (non-hydrogen) atoms. The molecule has 0 spiro atoms. The normalized spacial score (nSPS) is 11.9. The van der Waals surface area contributed by atoms with E-state index < -0.39 is 17.5 Å². The van der Waals surface area contributed by atoms with Crippen LogP contribution in [0.4, 0.5) is 13.2 Å². The van der Waals surface area contributed by atoms with E-state index in [1.54, 1.807) is 0 Å². The monoisotopic (exact) mass is 359 g/mol. The molecule has 9 heteroatoms. The van der Waals surface area contributed by atoms with Crippen molar-refractivity contribution in [1.82, 2.24) is 15.0 Å². The summed E-state index contributed by atoms with van der Waals surface area (Å²) in [5.74, 6) is -0.808. The van der Waals surface area contributed by atoms with Crippen LogP contribution in [-0.2, 0) is 6.18 Å². The maximum atomic E-state index is 12.9. The van der Waals surface area contributed by atoms with Gasteiger partial charge in [-0.25, -0.2) is 9.97 Å². The van der Waals surface area contributed by atoms with Crippen LogP contribution < -0.4 is 0 Å². The van der Waals surface area contributed by atoms with Crippen molar-refractivity contribution >= 4 is 34.0 Å². The Morgan fingerprint density at radius 3 is 2.22 bits per heavy atom. The first kappa shape index (κ1) is 15.8. The molecule has 0 amide bonds. The maximum Gasteiger partial charge on any atom is 0.419 e. The second-order valence-corrected chi connectivity index (χ2v) is 5.35. The van der Waals surface area contributed by atoms with Crippen molar-refractivity contribution in [1.29, 1.82) is 0 Å². The van der Waals surface area contributed by atoms with E-state index in [9.17, 15) is 18.3 Å². The molecule has 0 fully saturated rings. The third-order valence-electron chi connectivity index (χ3n) is 3.12. The number of phenolic OH excluding ortho intramolecular Hbond substituents is 1. The first-order valence-electron chi connectivity index (χ1n) is 6.14. The summed E-state index contributed by atoms with van der Waals surface area (Å²) < 4.78 is 38.6. The lowest BCUT2D eigenvalue weighted by Gasteiger charge is -2.12. The Morgan fingerprint density at radius 2 is 1.61 bits per heavy atom. The molecule has 118 valence electrons. The predicted octanol–water partition coefficient (Wildman–Crippen LogP) is 4.72. The van der Waals surface area contributed by atoms with E-state index in [0.717, 1.165) is 12.3 Å². The fourth-order valence-corrected chi connectivity index (χ4v) is 2.57. The van der Waals surface area contributed by atoms with E-state index in [2.05, 4.69) is 15.0 Å². The van der Waals surface area contributed by atoms with Gasteiger partial charge >= 0.3 is 6.18 Å². The molecule has 2 heterocycles. The van der Waals surface area contributed by atoms with Crippen LogP contribution in [0.25, 0.3) is 22.2 Å². The molecule has 0 aliphatic rings. The number of nitrogens with zero attached hydrogens (tertiary/aromatic N) is 3. The molecule has 0 radical (unpaired) electrons. The predicted molar refractivity (Wildman–Crippen MR) is 79.5 cm³/mol. The van der Waals surface area contributed by atoms with Crippen LogP contribution >= 0.6 is 23.2 Å². The van der Waals surface area contributed by atoms with Crippen molar-refractivity contribution in [2.24, 2.45) is 0 Å². The highest BCUT2D eigenvalue weighted by Crippen LogP contribution is 2.41. The Kier molecular flexibility index (Phi) is 3.77. The molecule has 0 atom stereocenters. The summed E-state index contributed by atoms with van der Waals surface area (Å²) in [6.45, 7) is 0. The number of pyridine rings is 1. The summed E-state index contributed by atoms with van der Waals surface area (Å²) in [6.07, 6.45) is -2.18. The zero-order valence-electron chi connectivity index (χ0n) is 11.1. The van der Waals surface area contributed by atoms with Crippen molar-refractivity contribution in [3.63, 3.8) is 0 Å². The number of aromatic hydroxyl groups is 1. The van der Waals surface area contributed by atoms with Gasteiger partial charge in [-0.15, -0.1) is 0 Å². The van der Waals surface area contributed by atoms with Crippen molar-refractivity contribution in [3.8, 4) is 17.1 Å². The lowest BCUT2D eigenvalue weighted by Crippen LogP contribution is -2.05. The Balaban J connectivity index is 2.30. The van der Waals surface area contributed by atoms with Gasteiger partial charge < -0.3 is 5.11 Å². The van der Waals surface area contributed by atoms with Crippen LogP contribution in [0.15, 0.2) is 30.6 Å². The molecule has 0 saturated carbocycles. The fraction of sp³-hybridized carbons (Fsp3) is 0.0714. The van der Waals surface area contributed by atoms with Crippen molar-refractivity contribution in [3.05, 3.63) is 46.5 Å². The van der Waals surface area contributed by atoms with E-state index in [1.165, 1.54) is 18.3 Å². The number of halogens is 5. The third kappa shape index (κ3) is 2.89. The van der Waals surface area contributed by atoms with Gasteiger partial charge in [0.25, 0.3) is 0 Å². The summed E-state index contributed by atoms with van der Waals surface area (Å²) in [5.41, 5.74) is -0.843. The Morgan fingerprint density at radius 1 is 0.957 bits per heavy atom. The second kappa shape index (κ2) is 5.50. The van der Waals surface area contributed by atoms with Crippen LogP contribution in [0, 0.1) is 0 Å². The van der Waals surface area contributed by atoms with Gasteiger partial charge in [0, 0.05) is 29.4 Å². The lowest BCUT2D eigenvalue weighted by atomic mass is 10.0. The van der Waals surface area contributed by atoms with Crippen LogP contribution in [0.2, 0.25) is 10.3 Å². The minimum atomic E-state index is -4.68. The summed E-state index contributed by atoms with van der Waals surface area (Å²) in [5, 5.41) is 10.3. The number of alkyl halides is 3. The summed E-state index contributed by atoms with van der Waals surface area (Å²) in [4.78, 5) is 11.8. The van der Waals surface area contributed by atoms with Gasteiger partial charge in [-0.05, 0) is 11.5 Å². The average Bonchev–Trinajstić information content (AvgIpc) is 2.44. The number of rotatable bonds is 1. The van der Waals surface area contributed by atoms with Crippen LogP contribution in [0.5, 0.6) is 5.75 Å². The Hall–Kier alpha value is -2.12. The van der Waals surface area contributed by atoms with Crippen molar-refractivity contribution in [2.75, 3.05) is 0 Å². The van der Waals surface area contributed by atoms with Gasteiger partial charge in [0.1, 0.15) is 16.1 Å². The summed E-state index contributed by atoms with van der Waals surface area (Å²) in [6, 6.07) is 3.32. The number of fused-ring (bicyclic) bond motifs is 1. The first-order chi connectivity index (χ1) is 10.8. The van der Waals surface area contributed by atoms with Gasteiger partial charge in [0.15, 0.2) is 5.82 Å². The maximum absolute atomic E-state index is 12.9. The number of hydrogen-bond donors (Lipinski definition) is 1. The number of benzene rings is 1. The van der Waals surface area contributed by atoms with Gasteiger partial charge in [0.05, 0.1) is 5.56 Å². The van der Waals surface area contributed by atoms with E-state index in [-0.39, 0.29) is 21.5 Å². The lowest BCUT2D eigenvalue weighted by molar-refractivity contribution is -0.138. The largest absolute Gasteiger partial charge is 0.507 e. The Bertz CT molecular complexity index is 895. The molecule has 3 rings (SSSR count). The third-order valence-corrected chi connectivity index (χ3v) is 3.51. The molecule has 0 aliphatic heterocycles. The minimum Gasteiger partial charge on any atom is -0.507 e. The van der Waals surface area contributed by atoms with Gasteiger partial charge in [-0.3, -0.25) is 4.98 Å². The Labute approximate surface area is 137 Å². The van der Waals surface area contributed by atoms with Gasteiger partial charge in [-0.2, -0.15) is 13.2 Å². The molecule has 1 N–H and O–H groups in total. The molecule has 1 aromatic carbocycles. The minimum absolute atomic E-state index is 0.0722. The van der Waals surface area contributed by atoms with Gasteiger partial charge in [0.2, 0.25) is 0 Å². The molecule has 0 unspecified atom stereocenters. The second-order valence-electron chi connectivity index (χ2n) is 4.58. The highest BCUT2D eigenvalue weighted by atomic mass is 35.5. The highest BCUT2D eigenvalue weighted by Gasteiger charge is 2.34. The zero-order valence-corrected chi connectivity index (χ0v) is 12.6. The molecule has 0 aliphatic carbocycles. The molecule has 0 bridgehead atoms. The highest BCUT2D eigenvalue weighted by molar-refractivity contribution is 6.33. The summed E-state index contributed by atoms with van der Waals surface area (Å²) >= 11 is 11.6. The summed E-state index contributed by atoms with van der Waals surface area (Å²) in [7, 11) is 0. The smallest absolute Gasteiger partial charge is 0.419 e. The van der Waals surface area contributed by atoms with Crippen LogP contribution in [0.3, 0.4) is 0 Å². The molecular weight excluding hydrogens is 354 g/mol. The molecule has 3 aromatic rings.